The molecule has 1 aliphatic heterocycles. The Morgan fingerprint density at radius 2 is 1.73 bits per heavy atom. The SMILES string of the molecule is Cl.FC(F)(F)c1cc(OC2CCNCC2)cc2ccccc12. The minimum Gasteiger partial charge on any atom is -0.490 e. The number of hydrogen-bond acceptors (Lipinski definition) is 2. The van der Waals surface area contributed by atoms with Gasteiger partial charge >= 0.3 is 6.18 Å². The zero-order valence-electron chi connectivity index (χ0n) is 11.8. The molecular formula is C16H17ClF3NO. The van der Waals surface area contributed by atoms with Crippen LogP contribution in [0, 0.1) is 0 Å². The summed E-state index contributed by atoms with van der Waals surface area (Å²) < 4.78 is 45.4. The third-order valence-electron chi connectivity index (χ3n) is 3.73. The van der Waals surface area contributed by atoms with Gasteiger partial charge in [0.05, 0.1) is 5.56 Å². The normalized spacial score (nSPS) is 16.3. The van der Waals surface area contributed by atoms with E-state index >= 15 is 0 Å². The average Bonchev–Trinajstić information content (AvgIpc) is 2.46. The lowest BCUT2D eigenvalue weighted by molar-refractivity contribution is -0.136. The molecule has 0 unspecified atom stereocenters. The lowest BCUT2D eigenvalue weighted by Crippen LogP contribution is -2.34. The van der Waals surface area contributed by atoms with E-state index in [9.17, 15) is 13.2 Å². The lowest BCUT2D eigenvalue weighted by atomic mass is 10.0. The molecule has 0 aromatic heterocycles. The predicted molar refractivity (Wildman–Crippen MR) is 82.7 cm³/mol. The fourth-order valence-corrected chi connectivity index (χ4v) is 2.69. The minimum atomic E-state index is -4.38. The first kappa shape index (κ1) is 16.9. The van der Waals surface area contributed by atoms with Crippen LogP contribution in [0.3, 0.4) is 0 Å². The molecule has 6 heteroatoms. The van der Waals surface area contributed by atoms with E-state index in [0.29, 0.717) is 11.1 Å². The number of hydrogen-bond donors (Lipinski definition) is 1. The van der Waals surface area contributed by atoms with E-state index in [4.69, 9.17) is 4.74 Å². The zero-order chi connectivity index (χ0) is 14.9. The second-order valence-electron chi connectivity index (χ2n) is 5.26. The van der Waals surface area contributed by atoms with Crippen LogP contribution in [0.25, 0.3) is 10.8 Å². The number of rotatable bonds is 2. The molecule has 0 aliphatic carbocycles. The average molecular weight is 332 g/mol. The molecule has 22 heavy (non-hydrogen) atoms. The Morgan fingerprint density at radius 3 is 2.41 bits per heavy atom. The highest BCUT2D eigenvalue weighted by molar-refractivity contribution is 5.87. The molecule has 2 nitrogen and oxygen atoms in total. The van der Waals surface area contributed by atoms with Crippen molar-refractivity contribution in [1.29, 1.82) is 0 Å². The maximum Gasteiger partial charge on any atom is 0.417 e. The number of ether oxygens (including phenoxy) is 1. The van der Waals surface area contributed by atoms with Crippen molar-refractivity contribution in [2.24, 2.45) is 0 Å². The Kier molecular flexibility index (Phi) is 5.19. The Hall–Kier alpha value is -1.46. The number of fused-ring (bicyclic) bond motifs is 1. The fourth-order valence-electron chi connectivity index (χ4n) is 2.69. The van der Waals surface area contributed by atoms with Gasteiger partial charge < -0.3 is 10.1 Å². The molecule has 0 radical (unpaired) electrons. The lowest BCUT2D eigenvalue weighted by Gasteiger charge is -2.24. The van der Waals surface area contributed by atoms with Crippen LogP contribution >= 0.6 is 12.4 Å². The van der Waals surface area contributed by atoms with Crippen molar-refractivity contribution in [3.8, 4) is 5.75 Å². The van der Waals surface area contributed by atoms with Crippen LogP contribution in [-0.2, 0) is 6.18 Å². The summed E-state index contributed by atoms with van der Waals surface area (Å²) >= 11 is 0. The van der Waals surface area contributed by atoms with E-state index < -0.39 is 11.7 Å². The molecule has 0 saturated carbocycles. The highest BCUT2D eigenvalue weighted by Crippen LogP contribution is 2.38. The van der Waals surface area contributed by atoms with E-state index in [2.05, 4.69) is 5.32 Å². The monoisotopic (exact) mass is 331 g/mol. The van der Waals surface area contributed by atoms with Gasteiger partial charge in [0.15, 0.2) is 0 Å². The largest absolute Gasteiger partial charge is 0.490 e. The molecule has 0 spiro atoms. The summed E-state index contributed by atoms with van der Waals surface area (Å²) in [6.07, 6.45) is -2.77. The summed E-state index contributed by atoms with van der Waals surface area (Å²) in [5.41, 5.74) is -0.635. The summed E-state index contributed by atoms with van der Waals surface area (Å²) in [5, 5.41) is 3.97. The molecule has 1 aliphatic rings. The van der Waals surface area contributed by atoms with Crippen LogP contribution in [0.1, 0.15) is 18.4 Å². The molecule has 0 atom stereocenters. The molecule has 0 bridgehead atoms. The molecule has 1 saturated heterocycles. The van der Waals surface area contributed by atoms with Crippen LogP contribution < -0.4 is 10.1 Å². The van der Waals surface area contributed by atoms with Gasteiger partial charge in [-0.1, -0.05) is 24.3 Å². The number of halogens is 4. The molecule has 1 fully saturated rings. The van der Waals surface area contributed by atoms with E-state index in [0.717, 1.165) is 32.0 Å². The summed E-state index contributed by atoms with van der Waals surface area (Å²) in [6.45, 7) is 1.68. The third-order valence-corrected chi connectivity index (χ3v) is 3.73. The quantitative estimate of drug-likeness (QED) is 0.880. The molecule has 120 valence electrons. The van der Waals surface area contributed by atoms with Gasteiger partial charge in [-0.25, -0.2) is 0 Å². The number of piperidine rings is 1. The fraction of sp³-hybridized carbons (Fsp3) is 0.375. The van der Waals surface area contributed by atoms with Gasteiger partial charge in [-0.2, -0.15) is 13.2 Å². The van der Waals surface area contributed by atoms with Gasteiger partial charge in [0.25, 0.3) is 0 Å². The summed E-state index contributed by atoms with van der Waals surface area (Å²) in [5.74, 6) is 0.299. The van der Waals surface area contributed by atoms with Crippen molar-refractivity contribution in [2.45, 2.75) is 25.1 Å². The Balaban J connectivity index is 0.00000176. The van der Waals surface area contributed by atoms with Gasteiger partial charge in [-0.05, 0) is 48.8 Å². The smallest absolute Gasteiger partial charge is 0.417 e. The molecule has 3 rings (SSSR count). The molecule has 2 aromatic rings. The highest BCUT2D eigenvalue weighted by Gasteiger charge is 2.33. The highest BCUT2D eigenvalue weighted by atomic mass is 35.5. The number of nitrogens with one attached hydrogen (secondary N) is 1. The van der Waals surface area contributed by atoms with Gasteiger partial charge in [-0.15, -0.1) is 12.4 Å². The number of alkyl halides is 3. The predicted octanol–water partition coefficient (Wildman–Crippen LogP) is 4.41. The second-order valence-corrected chi connectivity index (χ2v) is 5.26. The van der Waals surface area contributed by atoms with Crippen molar-refractivity contribution >= 4 is 23.2 Å². The minimum absolute atomic E-state index is 0. The van der Waals surface area contributed by atoms with Gasteiger partial charge in [0.1, 0.15) is 11.9 Å². The first-order valence-corrected chi connectivity index (χ1v) is 7.01. The molecule has 2 aromatic carbocycles. The zero-order valence-corrected chi connectivity index (χ0v) is 12.6. The standard InChI is InChI=1S/C16H16F3NO.ClH/c17-16(18,19)15-10-13(21-12-5-7-20-8-6-12)9-11-3-1-2-4-14(11)15;/h1-4,9-10,12,20H,5-8H2;1H. The van der Waals surface area contributed by atoms with E-state index in [1.54, 1.807) is 24.3 Å². The van der Waals surface area contributed by atoms with Crippen molar-refractivity contribution in [2.75, 3.05) is 13.1 Å². The first-order valence-electron chi connectivity index (χ1n) is 7.01. The molecule has 0 amide bonds. The summed E-state index contributed by atoms with van der Waals surface area (Å²) in [6, 6.07) is 9.32. The van der Waals surface area contributed by atoms with E-state index in [-0.39, 0.29) is 23.9 Å². The molecular weight excluding hydrogens is 315 g/mol. The van der Waals surface area contributed by atoms with Crippen molar-refractivity contribution in [1.82, 2.24) is 5.32 Å². The van der Waals surface area contributed by atoms with E-state index in [1.807, 2.05) is 0 Å². The van der Waals surface area contributed by atoms with Crippen molar-refractivity contribution in [3.63, 3.8) is 0 Å². The van der Waals surface area contributed by atoms with Crippen LogP contribution in [0.15, 0.2) is 36.4 Å². The van der Waals surface area contributed by atoms with Gasteiger partial charge in [0, 0.05) is 0 Å². The maximum atomic E-state index is 13.2. The van der Waals surface area contributed by atoms with Gasteiger partial charge in [-0.3, -0.25) is 0 Å². The molecule has 1 N–H and O–H groups in total. The Labute approximate surface area is 133 Å². The van der Waals surface area contributed by atoms with Crippen LogP contribution in [0.2, 0.25) is 0 Å². The van der Waals surface area contributed by atoms with Gasteiger partial charge in [0.2, 0.25) is 0 Å². The van der Waals surface area contributed by atoms with E-state index in [1.165, 1.54) is 6.07 Å². The summed E-state index contributed by atoms with van der Waals surface area (Å²) in [4.78, 5) is 0. The van der Waals surface area contributed by atoms with Crippen molar-refractivity contribution < 1.29 is 17.9 Å². The van der Waals surface area contributed by atoms with Crippen molar-refractivity contribution in [3.05, 3.63) is 42.0 Å². The third kappa shape index (κ3) is 3.65. The van der Waals surface area contributed by atoms with Crippen LogP contribution in [-0.4, -0.2) is 19.2 Å². The Morgan fingerprint density at radius 1 is 1.05 bits per heavy atom. The van der Waals surface area contributed by atoms with Crippen LogP contribution in [0.5, 0.6) is 5.75 Å². The Bertz CT molecular complexity index is 639. The summed E-state index contributed by atoms with van der Waals surface area (Å²) in [7, 11) is 0. The topological polar surface area (TPSA) is 21.3 Å². The number of benzene rings is 2. The van der Waals surface area contributed by atoms with Crippen LogP contribution in [0.4, 0.5) is 13.2 Å². The maximum absolute atomic E-state index is 13.2. The first-order chi connectivity index (χ1) is 10.0. The molecule has 1 heterocycles. The second kappa shape index (κ2) is 6.75.